The van der Waals surface area contributed by atoms with Gasteiger partial charge in [-0.2, -0.15) is 4.31 Å². The Balaban J connectivity index is 1.66. The molecule has 11 heteroatoms. The molecule has 1 heterocycles. The van der Waals surface area contributed by atoms with Crippen LogP contribution in [0.25, 0.3) is 11.5 Å². The molecule has 176 valence electrons. The summed E-state index contributed by atoms with van der Waals surface area (Å²) >= 11 is 0. The molecule has 0 fully saturated rings. The molecule has 0 aliphatic rings. The van der Waals surface area contributed by atoms with Crippen LogP contribution in [0.2, 0.25) is 0 Å². The standard InChI is InChI=1S/C22H26N4O6S/c1-15-6-9-17(10-7-15)33(28,29)26(3)14-21(27)25(2)13-20-23-24-22(32-20)16-8-11-18(30-4)19(12-16)31-5/h6-12H,13-14H2,1-5H3. The van der Waals surface area contributed by atoms with Crippen molar-refractivity contribution < 1.29 is 27.1 Å². The van der Waals surface area contributed by atoms with Gasteiger partial charge in [-0.05, 0) is 37.3 Å². The van der Waals surface area contributed by atoms with Gasteiger partial charge in [0.2, 0.25) is 27.7 Å². The maximum absolute atomic E-state index is 12.7. The van der Waals surface area contributed by atoms with Gasteiger partial charge in [0.05, 0.1) is 32.2 Å². The first-order valence-corrected chi connectivity index (χ1v) is 11.4. The number of methoxy groups -OCH3 is 2. The molecule has 0 N–H and O–H groups in total. The minimum Gasteiger partial charge on any atom is -0.493 e. The van der Waals surface area contributed by atoms with Crippen molar-refractivity contribution in [3.05, 3.63) is 53.9 Å². The summed E-state index contributed by atoms with van der Waals surface area (Å²) in [5.74, 6) is 1.13. The zero-order valence-corrected chi connectivity index (χ0v) is 19.9. The fourth-order valence-corrected chi connectivity index (χ4v) is 4.10. The van der Waals surface area contributed by atoms with E-state index in [9.17, 15) is 13.2 Å². The van der Waals surface area contributed by atoms with E-state index in [0.29, 0.717) is 17.1 Å². The Bertz CT molecular complexity index is 1220. The smallest absolute Gasteiger partial charge is 0.247 e. The van der Waals surface area contributed by atoms with Gasteiger partial charge < -0.3 is 18.8 Å². The maximum Gasteiger partial charge on any atom is 0.247 e. The summed E-state index contributed by atoms with van der Waals surface area (Å²) in [6.07, 6.45) is 0. The van der Waals surface area contributed by atoms with Gasteiger partial charge in [0, 0.05) is 19.7 Å². The predicted octanol–water partition coefficient (Wildman–Crippen LogP) is 2.34. The Morgan fingerprint density at radius 2 is 1.67 bits per heavy atom. The molecule has 0 unspecified atom stereocenters. The van der Waals surface area contributed by atoms with Gasteiger partial charge in [-0.15, -0.1) is 10.2 Å². The highest BCUT2D eigenvalue weighted by molar-refractivity contribution is 7.89. The number of hydrogen-bond acceptors (Lipinski definition) is 8. The third-order valence-electron chi connectivity index (χ3n) is 4.98. The van der Waals surface area contributed by atoms with Crippen molar-refractivity contribution in [3.8, 4) is 23.0 Å². The predicted molar refractivity (Wildman–Crippen MR) is 120 cm³/mol. The second-order valence-electron chi connectivity index (χ2n) is 7.39. The van der Waals surface area contributed by atoms with E-state index < -0.39 is 15.9 Å². The van der Waals surface area contributed by atoms with Gasteiger partial charge in [0.15, 0.2) is 11.5 Å². The largest absolute Gasteiger partial charge is 0.493 e. The molecule has 33 heavy (non-hydrogen) atoms. The normalized spacial score (nSPS) is 11.5. The quantitative estimate of drug-likeness (QED) is 0.464. The van der Waals surface area contributed by atoms with Crippen molar-refractivity contribution in [2.45, 2.75) is 18.4 Å². The average molecular weight is 475 g/mol. The van der Waals surface area contributed by atoms with E-state index in [1.807, 2.05) is 6.92 Å². The van der Waals surface area contributed by atoms with Gasteiger partial charge in [0.1, 0.15) is 0 Å². The minimum atomic E-state index is -3.79. The van der Waals surface area contributed by atoms with Crippen LogP contribution in [0.15, 0.2) is 51.8 Å². The maximum atomic E-state index is 12.7. The van der Waals surface area contributed by atoms with E-state index in [0.717, 1.165) is 9.87 Å². The lowest BCUT2D eigenvalue weighted by molar-refractivity contribution is -0.130. The van der Waals surface area contributed by atoms with Crippen molar-refractivity contribution >= 4 is 15.9 Å². The van der Waals surface area contributed by atoms with E-state index in [4.69, 9.17) is 13.9 Å². The molecule has 0 saturated carbocycles. The van der Waals surface area contributed by atoms with Crippen LogP contribution in [0.3, 0.4) is 0 Å². The first kappa shape index (κ1) is 24.2. The van der Waals surface area contributed by atoms with Gasteiger partial charge in [0.25, 0.3) is 0 Å². The average Bonchev–Trinajstić information content (AvgIpc) is 3.27. The van der Waals surface area contributed by atoms with Crippen LogP contribution in [0.5, 0.6) is 11.5 Å². The van der Waals surface area contributed by atoms with Crippen molar-refractivity contribution in [2.24, 2.45) is 0 Å². The Hall–Kier alpha value is -3.44. The monoisotopic (exact) mass is 474 g/mol. The Morgan fingerprint density at radius 1 is 1.00 bits per heavy atom. The molecular formula is C22H26N4O6S. The van der Waals surface area contributed by atoms with E-state index in [-0.39, 0.29) is 29.8 Å². The van der Waals surface area contributed by atoms with Crippen LogP contribution >= 0.6 is 0 Å². The van der Waals surface area contributed by atoms with E-state index in [1.165, 1.54) is 38.2 Å². The van der Waals surface area contributed by atoms with Crippen LogP contribution in [-0.4, -0.2) is 68.6 Å². The van der Waals surface area contributed by atoms with Crippen LogP contribution in [0, 0.1) is 6.92 Å². The minimum absolute atomic E-state index is 0.0253. The lowest BCUT2D eigenvalue weighted by Crippen LogP contribution is -2.39. The Labute approximate surface area is 192 Å². The zero-order valence-electron chi connectivity index (χ0n) is 19.1. The van der Waals surface area contributed by atoms with Crippen LogP contribution in [-0.2, 0) is 21.4 Å². The van der Waals surface area contributed by atoms with Crippen LogP contribution < -0.4 is 9.47 Å². The van der Waals surface area contributed by atoms with E-state index in [1.54, 1.807) is 37.4 Å². The fraction of sp³-hybridized carbons (Fsp3) is 0.318. The highest BCUT2D eigenvalue weighted by Gasteiger charge is 2.25. The van der Waals surface area contributed by atoms with Gasteiger partial charge >= 0.3 is 0 Å². The number of ether oxygens (including phenoxy) is 2. The summed E-state index contributed by atoms with van der Waals surface area (Å²) in [6, 6.07) is 11.6. The first-order valence-electron chi connectivity index (χ1n) is 9.97. The summed E-state index contributed by atoms with van der Waals surface area (Å²) in [5, 5.41) is 8.00. The highest BCUT2D eigenvalue weighted by Crippen LogP contribution is 2.31. The number of sulfonamides is 1. The molecular weight excluding hydrogens is 448 g/mol. The van der Waals surface area contributed by atoms with Crippen LogP contribution in [0.1, 0.15) is 11.5 Å². The molecule has 0 aliphatic carbocycles. The lowest BCUT2D eigenvalue weighted by Gasteiger charge is -2.21. The van der Waals surface area contributed by atoms with Crippen molar-refractivity contribution in [2.75, 3.05) is 34.9 Å². The summed E-state index contributed by atoms with van der Waals surface area (Å²) in [5.41, 5.74) is 1.57. The van der Waals surface area contributed by atoms with Gasteiger partial charge in [-0.25, -0.2) is 8.42 Å². The van der Waals surface area contributed by atoms with Crippen molar-refractivity contribution in [3.63, 3.8) is 0 Å². The summed E-state index contributed by atoms with van der Waals surface area (Å²) in [7, 11) is 2.18. The molecule has 2 aromatic carbocycles. The van der Waals surface area contributed by atoms with E-state index >= 15 is 0 Å². The third-order valence-corrected chi connectivity index (χ3v) is 6.80. The molecule has 3 rings (SSSR count). The molecule has 0 spiro atoms. The summed E-state index contributed by atoms with van der Waals surface area (Å²) < 4.78 is 42.6. The highest BCUT2D eigenvalue weighted by atomic mass is 32.2. The fourth-order valence-electron chi connectivity index (χ4n) is 2.98. The molecule has 0 atom stereocenters. The molecule has 1 amide bonds. The lowest BCUT2D eigenvalue weighted by atomic mass is 10.2. The molecule has 0 radical (unpaired) electrons. The zero-order chi connectivity index (χ0) is 24.2. The molecule has 0 bridgehead atoms. The second-order valence-corrected chi connectivity index (χ2v) is 9.44. The number of carbonyl (C=O) groups excluding carboxylic acids is 1. The number of rotatable bonds is 9. The van der Waals surface area contributed by atoms with Gasteiger partial charge in [-0.1, -0.05) is 17.7 Å². The number of hydrogen-bond donors (Lipinski definition) is 0. The molecule has 0 saturated heterocycles. The van der Waals surface area contributed by atoms with Gasteiger partial charge in [-0.3, -0.25) is 4.79 Å². The number of aryl methyl sites for hydroxylation is 1. The Morgan fingerprint density at radius 3 is 2.30 bits per heavy atom. The molecule has 1 aromatic heterocycles. The second kappa shape index (κ2) is 10.0. The number of benzene rings is 2. The number of aromatic nitrogens is 2. The number of likely N-dealkylation sites (N-methyl/N-ethyl adjacent to an activating group) is 2. The number of nitrogens with zero attached hydrogens (tertiary/aromatic N) is 4. The number of amides is 1. The summed E-state index contributed by atoms with van der Waals surface area (Å²) in [6.45, 7) is 1.56. The topological polar surface area (TPSA) is 115 Å². The molecule has 10 nitrogen and oxygen atoms in total. The molecule has 3 aromatic rings. The van der Waals surface area contributed by atoms with Crippen molar-refractivity contribution in [1.29, 1.82) is 0 Å². The van der Waals surface area contributed by atoms with E-state index in [2.05, 4.69) is 10.2 Å². The molecule has 0 aliphatic heterocycles. The van der Waals surface area contributed by atoms with Crippen molar-refractivity contribution in [1.82, 2.24) is 19.4 Å². The third kappa shape index (κ3) is 5.49. The first-order chi connectivity index (χ1) is 15.6. The van der Waals surface area contributed by atoms with Crippen LogP contribution in [0.4, 0.5) is 0 Å². The summed E-state index contributed by atoms with van der Waals surface area (Å²) in [4.78, 5) is 14.1. The number of carbonyl (C=O) groups is 1. The Kier molecular flexibility index (Phi) is 7.34. The SMILES string of the molecule is COc1ccc(-c2nnc(CN(C)C(=O)CN(C)S(=O)(=O)c3ccc(C)cc3)o2)cc1OC.